The van der Waals surface area contributed by atoms with Crippen molar-refractivity contribution in [3.63, 3.8) is 0 Å². The van der Waals surface area contributed by atoms with Crippen molar-refractivity contribution in [2.45, 2.75) is 46.0 Å². The lowest BCUT2D eigenvalue weighted by molar-refractivity contribution is -0.132. The lowest BCUT2D eigenvalue weighted by Gasteiger charge is -2.32. The Hall–Kier alpha value is -1.32. The molecule has 1 aliphatic heterocycles. The molecule has 1 atom stereocenters. The normalized spacial score (nSPS) is 25.6. The highest BCUT2D eigenvalue weighted by Crippen LogP contribution is 2.42. The summed E-state index contributed by atoms with van der Waals surface area (Å²) >= 11 is 0. The number of rotatable bonds is 4. The lowest BCUT2D eigenvalue weighted by atomic mass is 9.82. The van der Waals surface area contributed by atoms with Crippen LogP contribution >= 0.6 is 0 Å². The molecule has 0 radical (unpaired) electrons. The number of likely N-dealkylation sites (tertiary alicyclic amines) is 1. The summed E-state index contributed by atoms with van der Waals surface area (Å²) in [6.07, 6.45) is 6.63. The molecule has 21 heavy (non-hydrogen) atoms. The third-order valence-corrected chi connectivity index (χ3v) is 5.35. The van der Waals surface area contributed by atoms with Gasteiger partial charge in [-0.25, -0.2) is 0 Å². The van der Waals surface area contributed by atoms with E-state index in [1.807, 2.05) is 0 Å². The van der Waals surface area contributed by atoms with E-state index < -0.39 is 0 Å². The van der Waals surface area contributed by atoms with E-state index in [0.717, 1.165) is 19.4 Å². The fourth-order valence-electron chi connectivity index (χ4n) is 3.64. The Morgan fingerprint density at radius 2 is 1.95 bits per heavy atom. The Labute approximate surface area is 128 Å². The molecule has 118 valence electrons. The fraction of sp³-hybridized carbons (Fsp3) is 0.765. The maximum atomic E-state index is 12.3. The third kappa shape index (κ3) is 3.86. The van der Waals surface area contributed by atoms with Gasteiger partial charge in [-0.2, -0.15) is 0 Å². The molecular formula is C17H28N2O2. The smallest absolute Gasteiger partial charge is 0.245 e. The van der Waals surface area contributed by atoms with Gasteiger partial charge in [-0.05, 0) is 43.1 Å². The standard InChI is InChI=1S/C17H28N2O2/c1-4-15(20)19-10-7-13(8-11-19)16(21)18-12-14-6-5-9-17(14,2)3/h4,13-14H,1,5-12H2,2-3H3,(H,18,21). The van der Waals surface area contributed by atoms with Gasteiger partial charge in [0, 0.05) is 25.6 Å². The van der Waals surface area contributed by atoms with E-state index in [1.54, 1.807) is 4.90 Å². The first-order valence-corrected chi connectivity index (χ1v) is 8.13. The minimum absolute atomic E-state index is 0.0263. The number of nitrogens with one attached hydrogen (secondary N) is 1. The predicted octanol–water partition coefficient (Wildman–Crippen LogP) is 2.35. The second-order valence-electron chi connectivity index (χ2n) is 7.13. The molecule has 2 rings (SSSR count). The molecule has 2 aliphatic rings. The van der Waals surface area contributed by atoms with E-state index in [9.17, 15) is 9.59 Å². The summed E-state index contributed by atoms with van der Waals surface area (Å²) in [5.74, 6) is 0.803. The lowest BCUT2D eigenvalue weighted by Crippen LogP contribution is -2.44. The molecule has 4 nitrogen and oxygen atoms in total. The van der Waals surface area contributed by atoms with Crippen molar-refractivity contribution in [1.82, 2.24) is 10.2 Å². The molecular weight excluding hydrogens is 264 g/mol. The molecule has 4 heteroatoms. The van der Waals surface area contributed by atoms with Crippen LogP contribution in [0, 0.1) is 17.3 Å². The number of amides is 2. The molecule has 1 saturated carbocycles. The van der Waals surface area contributed by atoms with E-state index >= 15 is 0 Å². The summed E-state index contributed by atoms with van der Waals surface area (Å²) in [5, 5.41) is 3.15. The zero-order chi connectivity index (χ0) is 15.5. The number of hydrogen-bond donors (Lipinski definition) is 1. The van der Waals surface area contributed by atoms with Crippen LogP contribution in [0.1, 0.15) is 46.0 Å². The van der Waals surface area contributed by atoms with Crippen LogP contribution in [0.4, 0.5) is 0 Å². The zero-order valence-corrected chi connectivity index (χ0v) is 13.4. The molecule has 2 amide bonds. The van der Waals surface area contributed by atoms with Crippen molar-refractivity contribution in [3.05, 3.63) is 12.7 Å². The van der Waals surface area contributed by atoms with Gasteiger partial charge in [0.05, 0.1) is 0 Å². The van der Waals surface area contributed by atoms with Crippen LogP contribution in [-0.4, -0.2) is 36.3 Å². The highest BCUT2D eigenvalue weighted by molar-refractivity contribution is 5.87. The molecule has 2 fully saturated rings. The number of hydrogen-bond acceptors (Lipinski definition) is 2. The van der Waals surface area contributed by atoms with Gasteiger partial charge in [0.15, 0.2) is 0 Å². The van der Waals surface area contributed by atoms with Crippen molar-refractivity contribution >= 4 is 11.8 Å². The average Bonchev–Trinajstić information content (AvgIpc) is 2.82. The first-order valence-electron chi connectivity index (χ1n) is 8.13. The van der Waals surface area contributed by atoms with Crippen LogP contribution < -0.4 is 5.32 Å². The van der Waals surface area contributed by atoms with Gasteiger partial charge in [0.1, 0.15) is 0 Å². The summed E-state index contributed by atoms with van der Waals surface area (Å²) in [6, 6.07) is 0. The zero-order valence-electron chi connectivity index (χ0n) is 13.4. The summed E-state index contributed by atoms with van der Waals surface area (Å²) in [5.41, 5.74) is 0.354. The van der Waals surface area contributed by atoms with E-state index in [1.165, 1.54) is 25.3 Å². The van der Waals surface area contributed by atoms with Crippen molar-refractivity contribution < 1.29 is 9.59 Å². The first kappa shape index (κ1) is 16.1. The van der Waals surface area contributed by atoms with Gasteiger partial charge in [0.2, 0.25) is 11.8 Å². The van der Waals surface area contributed by atoms with E-state index in [-0.39, 0.29) is 17.7 Å². The van der Waals surface area contributed by atoms with Gasteiger partial charge in [-0.1, -0.05) is 26.8 Å². The Balaban J connectivity index is 1.75. The highest BCUT2D eigenvalue weighted by Gasteiger charge is 2.35. The van der Waals surface area contributed by atoms with Gasteiger partial charge in [-0.15, -0.1) is 0 Å². The SMILES string of the molecule is C=CC(=O)N1CCC(C(=O)NCC2CCCC2(C)C)CC1. The Bertz CT molecular complexity index is 409. The molecule has 0 bridgehead atoms. The summed E-state index contributed by atoms with van der Waals surface area (Å²) in [6.45, 7) is 10.2. The number of carbonyl (C=O) groups is 2. The Morgan fingerprint density at radius 1 is 1.29 bits per heavy atom. The summed E-state index contributed by atoms with van der Waals surface area (Å²) < 4.78 is 0. The van der Waals surface area contributed by atoms with Gasteiger partial charge < -0.3 is 10.2 Å². The maximum Gasteiger partial charge on any atom is 0.245 e. The van der Waals surface area contributed by atoms with Gasteiger partial charge >= 0.3 is 0 Å². The van der Waals surface area contributed by atoms with Crippen molar-refractivity contribution in [2.75, 3.05) is 19.6 Å². The second kappa shape index (κ2) is 6.63. The highest BCUT2D eigenvalue weighted by atomic mass is 16.2. The molecule has 0 aromatic heterocycles. The summed E-state index contributed by atoms with van der Waals surface area (Å²) in [4.78, 5) is 25.6. The molecule has 1 heterocycles. The number of nitrogens with zero attached hydrogens (tertiary/aromatic N) is 1. The molecule has 1 unspecified atom stereocenters. The minimum Gasteiger partial charge on any atom is -0.356 e. The first-order chi connectivity index (χ1) is 9.94. The molecule has 1 aliphatic carbocycles. The number of piperidine rings is 1. The summed E-state index contributed by atoms with van der Waals surface area (Å²) in [7, 11) is 0. The molecule has 1 N–H and O–H groups in total. The third-order valence-electron chi connectivity index (χ3n) is 5.35. The second-order valence-corrected chi connectivity index (χ2v) is 7.13. The fourth-order valence-corrected chi connectivity index (χ4v) is 3.64. The monoisotopic (exact) mass is 292 g/mol. The van der Waals surface area contributed by atoms with Crippen molar-refractivity contribution in [2.24, 2.45) is 17.3 Å². The maximum absolute atomic E-state index is 12.3. The van der Waals surface area contributed by atoms with E-state index in [2.05, 4.69) is 25.7 Å². The molecule has 1 saturated heterocycles. The van der Waals surface area contributed by atoms with Crippen LogP contribution in [0.5, 0.6) is 0 Å². The van der Waals surface area contributed by atoms with E-state index in [0.29, 0.717) is 24.4 Å². The van der Waals surface area contributed by atoms with Crippen LogP contribution in [0.3, 0.4) is 0 Å². The quantitative estimate of drug-likeness (QED) is 0.809. The van der Waals surface area contributed by atoms with Crippen LogP contribution in [-0.2, 0) is 9.59 Å². The van der Waals surface area contributed by atoms with Crippen molar-refractivity contribution in [3.8, 4) is 0 Å². The Kier molecular flexibility index (Phi) is 5.07. The van der Waals surface area contributed by atoms with Gasteiger partial charge in [-0.3, -0.25) is 9.59 Å². The van der Waals surface area contributed by atoms with Crippen LogP contribution in [0.15, 0.2) is 12.7 Å². The molecule has 0 aromatic carbocycles. The predicted molar refractivity (Wildman–Crippen MR) is 83.6 cm³/mol. The topological polar surface area (TPSA) is 49.4 Å². The Morgan fingerprint density at radius 3 is 2.48 bits per heavy atom. The average molecular weight is 292 g/mol. The minimum atomic E-state index is -0.0263. The molecule has 0 aromatic rings. The van der Waals surface area contributed by atoms with Gasteiger partial charge in [0.25, 0.3) is 0 Å². The van der Waals surface area contributed by atoms with Crippen molar-refractivity contribution in [1.29, 1.82) is 0 Å². The largest absolute Gasteiger partial charge is 0.356 e. The number of carbonyl (C=O) groups excluding carboxylic acids is 2. The van der Waals surface area contributed by atoms with Crippen LogP contribution in [0.2, 0.25) is 0 Å². The van der Waals surface area contributed by atoms with Crippen LogP contribution in [0.25, 0.3) is 0 Å². The molecule has 0 spiro atoms. The van der Waals surface area contributed by atoms with E-state index in [4.69, 9.17) is 0 Å².